The van der Waals surface area contributed by atoms with Gasteiger partial charge in [0.25, 0.3) is 0 Å². The predicted molar refractivity (Wildman–Crippen MR) is 73.3 cm³/mol. The Kier molecular flexibility index (Phi) is 4.40. The number of rotatable bonds is 5. The van der Waals surface area contributed by atoms with Crippen molar-refractivity contribution in [1.82, 2.24) is 9.78 Å². The van der Waals surface area contributed by atoms with E-state index in [0.717, 1.165) is 29.9 Å². The molecule has 2 rings (SSSR count). The lowest BCUT2D eigenvalue weighted by Gasteiger charge is -2.12. The predicted octanol–water partition coefficient (Wildman–Crippen LogP) is 3.32. The number of aromatic nitrogens is 2. The molecular weight excluding hydrogens is 283 g/mol. The minimum absolute atomic E-state index is 0.106. The third-order valence-corrected chi connectivity index (χ3v) is 3.08. The van der Waals surface area contributed by atoms with Crippen LogP contribution < -0.4 is 10.5 Å². The van der Waals surface area contributed by atoms with Crippen LogP contribution in [0.4, 0.5) is 18.9 Å². The molecule has 0 atom stereocenters. The van der Waals surface area contributed by atoms with Gasteiger partial charge >= 0.3 is 6.61 Å². The molecule has 0 saturated heterocycles. The number of hydrogen-bond donors (Lipinski definition) is 1. The number of halogens is 3. The lowest BCUT2D eigenvalue weighted by molar-refractivity contribution is -0.0521. The molecule has 4 nitrogen and oxygen atoms in total. The van der Waals surface area contributed by atoms with Gasteiger partial charge in [0, 0.05) is 17.8 Å². The summed E-state index contributed by atoms with van der Waals surface area (Å²) in [5.41, 5.74) is 7.91. The molecule has 0 aliphatic carbocycles. The van der Waals surface area contributed by atoms with E-state index in [-0.39, 0.29) is 5.69 Å². The van der Waals surface area contributed by atoms with E-state index in [4.69, 9.17) is 5.73 Å². The number of nitrogens with zero attached hydrogens (tertiary/aromatic N) is 2. The molecule has 0 aliphatic heterocycles. The molecule has 1 aromatic carbocycles. The number of anilines is 1. The first-order valence-electron chi connectivity index (χ1n) is 6.58. The van der Waals surface area contributed by atoms with Gasteiger partial charge in [0.15, 0.2) is 11.6 Å². The van der Waals surface area contributed by atoms with E-state index in [9.17, 15) is 13.2 Å². The highest BCUT2D eigenvalue weighted by Crippen LogP contribution is 2.29. The number of nitrogen functional groups attached to an aromatic ring is 1. The van der Waals surface area contributed by atoms with Gasteiger partial charge in [-0.25, -0.2) is 9.07 Å². The molecule has 0 unspecified atom stereocenters. The highest BCUT2D eigenvalue weighted by Gasteiger charge is 2.16. The quantitative estimate of drug-likeness (QED) is 0.862. The molecule has 0 fully saturated rings. The molecule has 0 bridgehead atoms. The zero-order chi connectivity index (χ0) is 15.6. The second kappa shape index (κ2) is 6.07. The Labute approximate surface area is 120 Å². The van der Waals surface area contributed by atoms with Gasteiger partial charge in [0.2, 0.25) is 0 Å². The Bertz CT molecular complexity index is 641. The van der Waals surface area contributed by atoms with Crippen LogP contribution in [0.25, 0.3) is 5.69 Å². The Morgan fingerprint density at radius 1 is 1.24 bits per heavy atom. The smallest absolute Gasteiger partial charge is 0.387 e. The summed E-state index contributed by atoms with van der Waals surface area (Å²) in [6.45, 7) is 0.778. The fourth-order valence-corrected chi connectivity index (χ4v) is 2.04. The summed E-state index contributed by atoms with van der Waals surface area (Å²) in [7, 11) is 0. The monoisotopic (exact) mass is 299 g/mol. The zero-order valence-electron chi connectivity index (χ0n) is 11.7. The maximum atomic E-state index is 13.6. The highest BCUT2D eigenvalue weighted by molar-refractivity contribution is 5.61. The Morgan fingerprint density at radius 2 is 1.95 bits per heavy atom. The van der Waals surface area contributed by atoms with Crippen molar-refractivity contribution in [2.45, 2.75) is 33.3 Å². The second-order valence-corrected chi connectivity index (χ2v) is 4.47. The molecule has 2 aromatic rings. The van der Waals surface area contributed by atoms with E-state index in [1.165, 1.54) is 4.68 Å². The number of nitrogens with two attached hydrogens (primary N) is 1. The van der Waals surface area contributed by atoms with E-state index < -0.39 is 18.2 Å². The zero-order valence-corrected chi connectivity index (χ0v) is 11.7. The summed E-state index contributed by atoms with van der Waals surface area (Å²) < 4.78 is 43.9. The normalized spacial score (nSPS) is 11.1. The van der Waals surface area contributed by atoms with Crippen molar-refractivity contribution in [1.29, 1.82) is 0 Å². The summed E-state index contributed by atoms with van der Waals surface area (Å²) in [5.74, 6) is -1.48. The third kappa shape index (κ3) is 3.12. The Hall–Kier alpha value is -2.18. The van der Waals surface area contributed by atoms with E-state index in [2.05, 4.69) is 9.84 Å². The van der Waals surface area contributed by atoms with Gasteiger partial charge < -0.3 is 10.5 Å². The SMILES string of the molecule is CCc1cc(CC)n(-c2cc(OC(F)F)c(F)cc2N)n1. The van der Waals surface area contributed by atoms with E-state index in [0.29, 0.717) is 12.1 Å². The summed E-state index contributed by atoms with van der Waals surface area (Å²) >= 11 is 0. The average Bonchev–Trinajstić information content (AvgIpc) is 2.84. The maximum absolute atomic E-state index is 13.6. The molecule has 0 radical (unpaired) electrons. The first kappa shape index (κ1) is 15.2. The fraction of sp³-hybridized carbons (Fsp3) is 0.357. The van der Waals surface area contributed by atoms with Crippen LogP contribution in [0.2, 0.25) is 0 Å². The van der Waals surface area contributed by atoms with Crippen LogP contribution in [0.1, 0.15) is 25.2 Å². The molecule has 0 aliphatic rings. The van der Waals surface area contributed by atoms with Gasteiger partial charge in [-0.2, -0.15) is 13.9 Å². The molecule has 21 heavy (non-hydrogen) atoms. The Morgan fingerprint density at radius 3 is 2.52 bits per heavy atom. The van der Waals surface area contributed by atoms with Crippen molar-refractivity contribution in [3.8, 4) is 11.4 Å². The van der Waals surface area contributed by atoms with E-state index >= 15 is 0 Å². The maximum Gasteiger partial charge on any atom is 0.387 e. The third-order valence-electron chi connectivity index (χ3n) is 3.08. The molecule has 7 heteroatoms. The van der Waals surface area contributed by atoms with Gasteiger partial charge in [-0.1, -0.05) is 13.8 Å². The van der Waals surface area contributed by atoms with E-state index in [1.807, 2.05) is 19.9 Å². The molecule has 0 saturated carbocycles. The minimum atomic E-state index is -3.11. The number of alkyl halides is 2. The first-order valence-corrected chi connectivity index (χ1v) is 6.58. The number of aryl methyl sites for hydroxylation is 2. The largest absolute Gasteiger partial charge is 0.432 e. The summed E-state index contributed by atoms with van der Waals surface area (Å²) in [6, 6.07) is 4.00. The van der Waals surface area contributed by atoms with Crippen molar-refractivity contribution in [2.24, 2.45) is 0 Å². The van der Waals surface area contributed by atoms with Gasteiger partial charge in [0.05, 0.1) is 17.1 Å². The summed E-state index contributed by atoms with van der Waals surface area (Å²) in [6.07, 6.45) is 1.40. The lowest BCUT2D eigenvalue weighted by atomic mass is 10.2. The van der Waals surface area contributed by atoms with Crippen molar-refractivity contribution in [2.75, 3.05) is 5.73 Å². The molecule has 0 spiro atoms. The molecule has 114 valence electrons. The van der Waals surface area contributed by atoms with Gasteiger partial charge in [-0.3, -0.25) is 0 Å². The molecule has 1 heterocycles. The van der Waals surface area contributed by atoms with Crippen LogP contribution in [-0.2, 0) is 12.8 Å². The molecule has 2 N–H and O–H groups in total. The summed E-state index contributed by atoms with van der Waals surface area (Å²) in [5, 5.41) is 4.35. The van der Waals surface area contributed by atoms with Crippen molar-refractivity contribution in [3.63, 3.8) is 0 Å². The lowest BCUT2D eigenvalue weighted by Crippen LogP contribution is -2.09. The van der Waals surface area contributed by atoms with E-state index in [1.54, 1.807) is 0 Å². The van der Waals surface area contributed by atoms with Crippen molar-refractivity contribution in [3.05, 3.63) is 35.4 Å². The van der Waals surface area contributed by atoms with Gasteiger partial charge in [0.1, 0.15) is 0 Å². The molecule has 1 aromatic heterocycles. The first-order chi connectivity index (χ1) is 9.96. The van der Waals surface area contributed by atoms with Crippen LogP contribution in [0.5, 0.6) is 5.75 Å². The van der Waals surface area contributed by atoms with Gasteiger partial charge in [-0.15, -0.1) is 0 Å². The number of benzene rings is 1. The van der Waals surface area contributed by atoms with Crippen molar-refractivity contribution < 1.29 is 17.9 Å². The number of hydrogen-bond acceptors (Lipinski definition) is 3. The van der Waals surface area contributed by atoms with Gasteiger partial charge in [-0.05, 0) is 18.9 Å². The van der Waals surface area contributed by atoms with Crippen LogP contribution in [-0.4, -0.2) is 16.4 Å². The second-order valence-electron chi connectivity index (χ2n) is 4.47. The van der Waals surface area contributed by atoms with Crippen LogP contribution in [0.15, 0.2) is 18.2 Å². The number of ether oxygens (including phenoxy) is 1. The minimum Gasteiger partial charge on any atom is -0.432 e. The molecule has 0 amide bonds. The fourth-order valence-electron chi connectivity index (χ4n) is 2.04. The standard InChI is InChI=1S/C14H16F3N3O/c1-3-8-5-9(4-2)20(19-8)12-7-13(21-14(16)17)10(15)6-11(12)18/h5-7,14H,3-4,18H2,1-2H3. The summed E-state index contributed by atoms with van der Waals surface area (Å²) in [4.78, 5) is 0. The van der Waals surface area contributed by atoms with Crippen molar-refractivity contribution >= 4 is 5.69 Å². The van der Waals surface area contributed by atoms with Crippen LogP contribution in [0, 0.1) is 5.82 Å². The van der Waals surface area contributed by atoms with Crippen LogP contribution in [0.3, 0.4) is 0 Å². The average molecular weight is 299 g/mol. The molecular formula is C14H16F3N3O. The Balaban J connectivity index is 2.55. The highest BCUT2D eigenvalue weighted by atomic mass is 19.3. The van der Waals surface area contributed by atoms with Crippen LogP contribution >= 0.6 is 0 Å². The topological polar surface area (TPSA) is 53.1 Å².